The van der Waals surface area contributed by atoms with E-state index in [1.807, 2.05) is 12.1 Å². The number of allylic oxidation sites excluding steroid dienone is 1. The average Bonchev–Trinajstić information content (AvgIpc) is 3.32. The fourth-order valence-electron chi connectivity index (χ4n) is 6.38. The van der Waals surface area contributed by atoms with Crippen molar-refractivity contribution in [3.8, 4) is 22.6 Å². The van der Waals surface area contributed by atoms with Crippen LogP contribution < -0.4 is 0 Å². The Morgan fingerprint density at radius 1 is 0.929 bits per heavy atom. The molecule has 1 saturated heterocycles. The zero-order valence-corrected chi connectivity index (χ0v) is 23.8. The Bertz CT molecular complexity index is 1500. The maximum Gasteiger partial charge on any atom is 0.416 e. The molecule has 1 aliphatic carbocycles. The summed E-state index contributed by atoms with van der Waals surface area (Å²) >= 11 is 0. The molecule has 2 unspecified atom stereocenters. The molecule has 0 amide bonds. The summed E-state index contributed by atoms with van der Waals surface area (Å²) in [5.41, 5.74) is 5.39. The molecule has 2 atom stereocenters. The summed E-state index contributed by atoms with van der Waals surface area (Å²) in [6.45, 7) is 7.96. The maximum atomic E-state index is 13.1. The second-order valence-electron chi connectivity index (χ2n) is 11.8. The molecule has 2 aliphatic rings. The van der Waals surface area contributed by atoms with E-state index in [1.165, 1.54) is 49.4 Å². The van der Waals surface area contributed by atoms with Gasteiger partial charge >= 0.3 is 6.18 Å². The summed E-state index contributed by atoms with van der Waals surface area (Å²) in [7, 11) is 0. The van der Waals surface area contributed by atoms with E-state index in [9.17, 15) is 13.2 Å². The van der Waals surface area contributed by atoms with Crippen molar-refractivity contribution in [3.63, 3.8) is 0 Å². The normalized spacial score (nSPS) is 20.0. The van der Waals surface area contributed by atoms with E-state index < -0.39 is 11.7 Å². The molecular formula is C34H37F3N4O. The number of alkyl halides is 3. The van der Waals surface area contributed by atoms with Crippen molar-refractivity contribution in [1.82, 2.24) is 19.9 Å². The summed E-state index contributed by atoms with van der Waals surface area (Å²) < 4.78 is 44.7. The first-order valence-corrected chi connectivity index (χ1v) is 14.9. The minimum absolute atomic E-state index is 0.349. The van der Waals surface area contributed by atoms with Gasteiger partial charge in [0.1, 0.15) is 5.82 Å². The first-order chi connectivity index (χ1) is 20.3. The maximum absolute atomic E-state index is 13.1. The van der Waals surface area contributed by atoms with E-state index in [0.29, 0.717) is 22.8 Å². The number of fused-ring (bicyclic) bond motifs is 1. The van der Waals surface area contributed by atoms with Crippen molar-refractivity contribution in [2.75, 3.05) is 26.3 Å². The largest absolute Gasteiger partial charge is 0.416 e. The molecule has 1 aliphatic heterocycles. The van der Waals surface area contributed by atoms with Gasteiger partial charge in [-0.05, 0) is 73.4 Å². The summed E-state index contributed by atoms with van der Waals surface area (Å²) in [5, 5.41) is 0. The van der Waals surface area contributed by atoms with Gasteiger partial charge in [0.2, 0.25) is 0 Å². The third-order valence-corrected chi connectivity index (χ3v) is 8.81. The highest BCUT2D eigenvalue weighted by Crippen LogP contribution is 2.34. The SMILES string of the molecule is C=C(CC1CCCC(Cc2ccc(-c3ccc(-c4nc5ccc(C(F)(F)F)cc5[nH]4)cn3)cc2)CC1)N1CCOCC1. The molecule has 4 aromatic rings. The fourth-order valence-corrected chi connectivity index (χ4v) is 6.38. The Morgan fingerprint density at radius 3 is 2.40 bits per heavy atom. The number of aromatic nitrogens is 3. The Hall–Kier alpha value is -3.65. The number of aromatic amines is 1. The summed E-state index contributed by atoms with van der Waals surface area (Å²) in [6, 6.07) is 16.0. The number of morpholine rings is 1. The minimum Gasteiger partial charge on any atom is -0.378 e. The molecule has 2 aromatic heterocycles. The lowest BCUT2D eigenvalue weighted by atomic mass is 9.90. The van der Waals surface area contributed by atoms with Crippen LogP contribution in [0.15, 0.2) is 73.1 Å². The highest BCUT2D eigenvalue weighted by atomic mass is 19.4. The van der Waals surface area contributed by atoms with Crippen LogP contribution in [-0.4, -0.2) is 46.2 Å². The summed E-state index contributed by atoms with van der Waals surface area (Å²) in [6.07, 6.45) is 5.94. The van der Waals surface area contributed by atoms with Crippen LogP contribution in [0.3, 0.4) is 0 Å². The van der Waals surface area contributed by atoms with Gasteiger partial charge in [-0.25, -0.2) is 4.98 Å². The highest BCUT2D eigenvalue weighted by Gasteiger charge is 2.30. The van der Waals surface area contributed by atoms with E-state index in [-0.39, 0.29) is 0 Å². The number of ether oxygens (including phenoxy) is 1. The molecule has 42 heavy (non-hydrogen) atoms. The van der Waals surface area contributed by atoms with Crippen LogP contribution in [0.2, 0.25) is 0 Å². The third-order valence-electron chi connectivity index (χ3n) is 8.81. The summed E-state index contributed by atoms with van der Waals surface area (Å²) in [4.78, 5) is 14.5. The molecule has 6 rings (SSSR count). The first-order valence-electron chi connectivity index (χ1n) is 14.9. The molecule has 3 heterocycles. The van der Waals surface area contributed by atoms with Crippen molar-refractivity contribution >= 4 is 11.0 Å². The number of pyridine rings is 1. The lowest BCUT2D eigenvalue weighted by molar-refractivity contribution is -0.137. The number of halogens is 3. The van der Waals surface area contributed by atoms with Gasteiger partial charge in [0.15, 0.2) is 0 Å². The zero-order chi connectivity index (χ0) is 29.1. The lowest BCUT2D eigenvalue weighted by Gasteiger charge is -2.32. The second kappa shape index (κ2) is 12.3. The molecule has 1 N–H and O–H groups in total. The van der Waals surface area contributed by atoms with Gasteiger partial charge in [0.05, 0.1) is 35.5 Å². The van der Waals surface area contributed by atoms with E-state index in [2.05, 4.69) is 50.7 Å². The van der Waals surface area contributed by atoms with E-state index in [1.54, 1.807) is 6.20 Å². The Morgan fingerprint density at radius 2 is 1.67 bits per heavy atom. The van der Waals surface area contributed by atoms with E-state index >= 15 is 0 Å². The molecule has 5 nitrogen and oxygen atoms in total. The van der Waals surface area contributed by atoms with Crippen LogP contribution in [0.5, 0.6) is 0 Å². The number of benzene rings is 2. The van der Waals surface area contributed by atoms with Crippen molar-refractivity contribution < 1.29 is 17.9 Å². The topological polar surface area (TPSA) is 54.0 Å². The lowest BCUT2D eigenvalue weighted by Crippen LogP contribution is -2.35. The number of imidazole rings is 1. The van der Waals surface area contributed by atoms with Crippen LogP contribution in [0.25, 0.3) is 33.7 Å². The minimum atomic E-state index is -4.39. The molecule has 0 bridgehead atoms. The Kier molecular flexibility index (Phi) is 8.34. The van der Waals surface area contributed by atoms with E-state index in [4.69, 9.17) is 4.74 Å². The molecule has 0 radical (unpaired) electrons. The molecule has 0 spiro atoms. The van der Waals surface area contributed by atoms with Crippen LogP contribution >= 0.6 is 0 Å². The highest BCUT2D eigenvalue weighted by molar-refractivity contribution is 5.80. The van der Waals surface area contributed by atoms with Gasteiger partial charge in [0.25, 0.3) is 0 Å². The van der Waals surface area contributed by atoms with Crippen molar-refractivity contribution in [2.45, 2.75) is 51.1 Å². The molecule has 8 heteroatoms. The van der Waals surface area contributed by atoms with Gasteiger partial charge in [-0.1, -0.05) is 50.1 Å². The second-order valence-corrected chi connectivity index (χ2v) is 11.8. The molecule has 220 valence electrons. The van der Waals surface area contributed by atoms with Crippen molar-refractivity contribution in [2.24, 2.45) is 11.8 Å². The molecule has 2 aromatic carbocycles. The van der Waals surface area contributed by atoms with Crippen molar-refractivity contribution in [1.29, 1.82) is 0 Å². The summed E-state index contributed by atoms with van der Waals surface area (Å²) in [5.74, 6) is 1.94. The first kappa shape index (κ1) is 28.5. The number of nitrogens with one attached hydrogen (secondary N) is 1. The van der Waals surface area contributed by atoms with Gasteiger partial charge in [-0.3, -0.25) is 4.98 Å². The van der Waals surface area contributed by atoms with Gasteiger partial charge < -0.3 is 14.6 Å². The average molecular weight is 575 g/mol. The van der Waals surface area contributed by atoms with Crippen LogP contribution in [0.4, 0.5) is 13.2 Å². The number of hydrogen-bond acceptors (Lipinski definition) is 4. The Balaban J connectivity index is 1.04. The smallest absolute Gasteiger partial charge is 0.378 e. The van der Waals surface area contributed by atoms with Crippen LogP contribution in [-0.2, 0) is 17.3 Å². The molecular weight excluding hydrogens is 537 g/mol. The monoisotopic (exact) mass is 574 g/mol. The third kappa shape index (κ3) is 6.70. The quantitative estimate of drug-likeness (QED) is 0.226. The number of nitrogens with zero attached hydrogens (tertiary/aromatic N) is 3. The van der Waals surface area contributed by atoms with E-state index in [0.717, 1.165) is 74.0 Å². The number of rotatable bonds is 7. The zero-order valence-electron chi connectivity index (χ0n) is 23.8. The number of H-pyrrole nitrogens is 1. The predicted octanol–water partition coefficient (Wildman–Crippen LogP) is 8.29. The standard InChI is InChI=1S/C34H37F3N4O/c1-23(41-15-17-42-18-16-41)19-24-3-2-4-25(6-5-24)20-26-7-9-27(10-8-26)30-13-11-28(22-38-30)33-39-31-14-12-29(34(35,36)37)21-32(31)40-33/h7-14,21-22,24-25H,1-6,15-20H2,(H,39,40). The molecule has 2 fully saturated rings. The van der Waals surface area contributed by atoms with Gasteiger partial charge in [-0.15, -0.1) is 0 Å². The van der Waals surface area contributed by atoms with Crippen molar-refractivity contribution in [3.05, 3.63) is 84.2 Å². The van der Waals surface area contributed by atoms with Gasteiger partial charge in [0, 0.05) is 36.1 Å². The van der Waals surface area contributed by atoms with Gasteiger partial charge in [-0.2, -0.15) is 13.2 Å². The fraction of sp³-hybridized carbons (Fsp3) is 0.412. The predicted molar refractivity (Wildman–Crippen MR) is 160 cm³/mol. The molecule has 1 saturated carbocycles. The number of hydrogen-bond donors (Lipinski definition) is 1. The Labute approximate surface area is 244 Å². The van der Waals surface area contributed by atoms with Crippen LogP contribution in [0.1, 0.15) is 49.7 Å². The van der Waals surface area contributed by atoms with Crippen LogP contribution in [0, 0.1) is 11.8 Å².